The number of para-hydroxylation sites is 1. The summed E-state index contributed by atoms with van der Waals surface area (Å²) in [6.45, 7) is 0. The lowest BCUT2D eigenvalue weighted by atomic mass is 10.1. The Bertz CT molecular complexity index is 1060. The van der Waals surface area contributed by atoms with Crippen molar-refractivity contribution in [2.45, 2.75) is 6.18 Å². The molecule has 2 rings (SSSR count). The molecule has 0 unspecified atom stereocenters. The largest absolute Gasteiger partial charge is 0.449 e. The first-order valence-corrected chi connectivity index (χ1v) is 9.40. The zero-order valence-electron chi connectivity index (χ0n) is 13.8. The molecule has 0 heterocycles. The molecule has 0 fully saturated rings. The lowest BCUT2D eigenvalue weighted by Gasteiger charge is -2.12. The van der Waals surface area contributed by atoms with Crippen molar-refractivity contribution in [2.75, 3.05) is 6.26 Å². The van der Waals surface area contributed by atoms with Crippen LogP contribution >= 0.6 is 11.6 Å². The Balaban J connectivity index is 2.48. The average Bonchev–Trinajstić information content (AvgIpc) is 2.53. The van der Waals surface area contributed by atoms with Gasteiger partial charge >= 0.3 is 11.9 Å². The number of nitro benzene ring substituents is 1. The highest BCUT2D eigenvalue weighted by atomic mass is 35.5. The van der Waals surface area contributed by atoms with E-state index < -0.39 is 54.6 Å². The van der Waals surface area contributed by atoms with Gasteiger partial charge in [0.1, 0.15) is 11.3 Å². The summed E-state index contributed by atoms with van der Waals surface area (Å²) in [5, 5.41) is 10.9. The third-order valence-corrected chi connectivity index (χ3v) is 4.03. The van der Waals surface area contributed by atoms with Crippen molar-refractivity contribution in [3.8, 4) is 11.5 Å². The number of ether oxygens (including phenoxy) is 1. The number of amides is 1. The summed E-state index contributed by atoms with van der Waals surface area (Å²) < 4.78 is 67.2. The van der Waals surface area contributed by atoms with Gasteiger partial charge in [-0.3, -0.25) is 14.9 Å². The minimum atomic E-state index is -4.65. The van der Waals surface area contributed by atoms with Crippen LogP contribution in [0.3, 0.4) is 0 Å². The van der Waals surface area contributed by atoms with Gasteiger partial charge in [-0.05, 0) is 30.3 Å². The fraction of sp³-hybridized carbons (Fsp3) is 0.133. The molecule has 13 heteroatoms. The van der Waals surface area contributed by atoms with E-state index in [1.54, 1.807) is 4.72 Å². The van der Waals surface area contributed by atoms with Crippen molar-refractivity contribution in [3.63, 3.8) is 0 Å². The van der Waals surface area contributed by atoms with E-state index >= 15 is 0 Å². The molecule has 0 bridgehead atoms. The minimum absolute atomic E-state index is 0.335. The third-order valence-electron chi connectivity index (χ3n) is 3.18. The van der Waals surface area contributed by atoms with Gasteiger partial charge in [0.15, 0.2) is 0 Å². The quantitative estimate of drug-likeness (QED) is 0.561. The number of sulfonamides is 1. The number of hydrogen-bond donors (Lipinski definition) is 1. The second-order valence-electron chi connectivity index (χ2n) is 5.36. The SMILES string of the molecule is CS(=O)(=O)NC(=O)c1cccc(Oc2ccc(C(F)(F)F)cc2Cl)c1[N+](=O)[O-]. The maximum atomic E-state index is 12.7. The molecule has 0 aliphatic carbocycles. The van der Waals surface area contributed by atoms with Gasteiger partial charge in [-0.15, -0.1) is 0 Å². The summed E-state index contributed by atoms with van der Waals surface area (Å²) in [7, 11) is -4.00. The van der Waals surface area contributed by atoms with Gasteiger partial charge in [-0.1, -0.05) is 17.7 Å². The fourth-order valence-electron chi connectivity index (χ4n) is 2.08. The predicted octanol–water partition coefficient (Wildman–Crippen LogP) is 3.75. The summed E-state index contributed by atoms with van der Waals surface area (Å²) in [5.74, 6) is -2.13. The average molecular weight is 439 g/mol. The first kappa shape index (κ1) is 21.4. The molecular weight excluding hydrogens is 429 g/mol. The maximum Gasteiger partial charge on any atom is 0.416 e. The molecule has 1 N–H and O–H groups in total. The summed E-state index contributed by atoms with van der Waals surface area (Å²) in [4.78, 5) is 22.4. The second-order valence-corrected chi connectivity index (χ2v) is 7.51. The summed E-state index contributed by atoms with van der Waals surface area (Å²) in [6, 6.07) is 5.31. The molecule has 0 saturated heterocycles. The standard InChI is InChI=1S/C15H10ClF3N2O6S/c1-28(25,26)20-14(22)9-3-2-4-12(13(9)21(23)24)27-11-6-5-8(7-10(11)16)15(17,18)19/h2-7H,1H3,(H,20,22). The number of nitrogens with zero attached hydrogens (tertiary/aromatic N) is 1. The summed E-state index contributed by atoms with van der Waals surface area (Å²) in [5.41, 5.74) is -2.57. The normalized spacial score (nSPS) is 11.8. The van der Waals surface area contributed by atoms with Crippen LogP contribution in [0.15, 0.2) is 36.4 Å². The molecule has 0 aliphatic heterocycles. The second kappa shape index (κ2) is 7.64. The molecule has 0 aromatic heterocycles. The van der Waals surface area contributed by atoms with Crippen LogP contribution in [-0.2, 0) is 16.2 Å². The Morgan fingerprint density at radius 2 is 1.86 bits per heavy atom. The minimum Gasteiger partial charge on any atom is -0.449 e. The van der Waals surface area contributed by atoms with Crippen LogP contribution in [0.4, 0.5) is 18.9 Å². The van der Waals surface area contributed by atoms with Gasteiger partial charge in [-0.2, -0.15) is 13.2 Å². The molecule has 8 nitrogen and oxygen atoms in total. The molecular formula is C15H10ClF3N2O6S. The molecule has 2 aromatic carbocycles. The topological polar surface area (TPSA) is 116 Å². The van der Waals surface area contributed by atoms with Gasteiger partial charge in [0, 0.05) is 0 Å². The zero-order chi connectivity index (χ0) is 21.3. The van der Waals surface area contributed by atoms with Gasteiger partial charge in [0.25, 0.3) is 5.91 Å². The number of nitrogens with one attached hydrogen (secondary N) is 1. The van der Waals surface area contributed by atoms with Crippen LogP contribution < -0.4 is 9.46 Å². The highest BCUT2D eigenvalue weighted by Crippen LogP contribution is 2.39. The molecule has 0 aliphatic rings. The molecule has 2 aromatic rings. The van der Waals surface area contributed by atoms with Crippen molar-refractivity contribution >= 4 is 33.2 Å². The summed E-state index contributed by atoms with van der Waals surface area (Å²) in [6.07, 6.45) is -3.98. The predicted molar refractivity (Wildman–Crippen MR) is 91.9 cm³/mol. The lowest BCUT2D eigenvalue weighted by Crippen LogP contribution is -2.29. The van der Waals surface area contributed by atoms with Crippen LogP contribution in [0.25, 0.3) is 0 Å². The Labute approximate surface area is 161 Å². The zero-order valence-corrected chi connectivity index (χ0v) is 15.4. The van der Waals surface area contributed by atoms with E-state index in [1.165, 1.54) is 0 Å². The number of benzene rings is 2. The number of carbonyl (C=O) groups is 1. The van der Waals surface area contributed by atoms with E-state index in [2.05, 4.69) is 0 Å². The first-order chi connectivity index (χ1) is 12.8. The van der Waals surface area contributed by atoms with Crippen LogP contribution in [0.2, 0.25) is 5.02 Å². The van der Waals surface area contributed by atoms with E-state index in [0.29, 0.717) is 18.4 Å². The number of hydrogen-bond acceptors (Lipinski definition) is 6. The van der Waals surface area contributed by atoms with Crippen LogP contribution in [0.5, 0.6) is 11.5 Å². The van der Waals surface area contributed by atoms with Crippen molar-refractivity contribution in [3.05, 3.63) is 62.7 Å². The van der Waals surface area contributed by atoms with Crippen LogP contribution in [0.1, 0.15) is 15.9 Å². The van der Waals surface area contributed by atoms with E-state index in [9.17, 15) is 36.5 Å². The van der Waals surface area contributed by atoms with Crippen molar-refractivity contribution < 1.29 is 36.0 Å². The van der Waals surface area contributed by atoms with Gasteiger partial charge in [0.05, 0.1) is 21.8 Å². The van der Waals surface area contributed by atoms with E-state index in [1.807, 2.05) is 0 Å². The van der Waals surface area contributed by atoms with Crippen molar-refractivity contribution in [2.24, 2.45) is 0 Å². The molecule has 1 amide bonds. The van der Waals surface area contributed by atoms with E-state index in [4.69, 9.17) is 16.3 Å². The Morgan fingerprint density at radius 3 is 2.36 bits per heavy atom. The summed E-state index contributed by atoms with van der Waals surface area (Å²) >= 11 is 5.75. The van der Waals surface area contributed by atoms with E-state index in [0.717, 1.165) is 24.3 Å². The number of alkyl halides is 3. The number of rotatable bonds is 5. The van der Waals surface area contributed by atoms with Crippen molar-refractivity contribution in [1.82, 2.24) is 4.72 Å². The number of carbonyl (C=O) groups excluding carboxylic acids is 1. The number of nitro groups is 1. The Hall–Kier alpha value is -2.86. The first-order valence-electron chi connectivity index (χ1n) is 7.13. The molecule has 0 radical (unpaired) electrons. The molecule has 0 saturated carbocycles. The molecule has 0 atom stereocenters. The van der Waals surface area contributed by atoms with Crippen molar-refractivity contribution in [1.29, 1.82) is 0 Å². The van der Waals surface area contributed by atoms with E-state index in [-0.39, 0.29) is 5.75 Å². The fourth-order valence-corrected chi connectivity index (χ4v) is 2.74. The smallest absolute Gasteiger partial charge is 0.416 e. The number of halogens is 4. The maximum absolute atomic E-state index is 12.7. The molecule has 0 spiro atoms. The van der Waals surface area contributed by atoms with Gasteiger partial charge < -0.3 is 4.74 Å². The third kappa shape index (κ3) is 5.10. The van der Waals surface area contributed by atoms with Crippen LogP contribution in [0, 0.1) is 10.1 Å². The van der Waals surface area contributed by atoms with Gasteiger partial charge in [-0.25, -0.2) is 13.1 Å². The lowest BCUT2D eigenvalue weighted by molar-refractivity contribution is -0.385. The molecule has 28 heavy (non-hydrogen) atoms. The highest BCUT2D eigenvalue weighted by molar-refractivity contribution is 7.89. The Morgan fingerprint density at radius 1 is 1.21 bits per heavy atom. The monoisotopic (exact) mass is 438 g/mol. The van der Waals surface area contributed by atoms with Gasteiger partial charge in [0.2, 0.25) is 15.8 Å². The Kier molecular flexibility index (Phi) is 5.85. The highest BCUT2D eigenvalue weighted by Gasteiger charge is 2.32. The van der Waals surface area contributed by atoms with Crippen LogP contribution in [-0.4, -0.2) is 25.5 Å². The molecule has 150 valence electrons.